The predicted molar refractivity (Wildman–Crippen MR) is 122 cm³/mol. The van der Waals surface area contributed by atoms with Crippen LogP contribution in [0.25, 0.3) is 0 Å². The first kappa shape index (κ1) is 22.3. The normalized spacial score (nSPS) is 12.8. The highest BCUT2D eigenvalue weighted by Crippen LogP contribution is 2.44. The number of para-hydroxylation sites is 1. The quantitative estimate of drug-likeness (QED) is 0.747. The minimum absolute atomic E-state index is 0.184. The van der Waals surface area contributed by atoms with E-state index in [-0.39, 0.29) is 10.8 Å². The number of phenols is 1. The summed E-state index contributed by atoms with van der Waals surface area (Å²) in [7, 11) is 1.24. The van der Waals surface area contributed by atoms with E-state index in [2.05, 4.69) is 72.8 Å². The molecular formula is C24H36O3Si. The van der Waals surface area contributed by atoms with Crippen LogP contribution in [0.3, 0.4) is 0 Å². The topological polar surface area (TPSA) is 38.7 Å². The van der Waals surface area contributed by atoms with Gasteiger partial charge in [0, 0.05) is 5.56 Å². The number of methoxy groups -OCH3 is 2. The molecule has 0 amide bonds. The first-order valence-corrected chi connectivity index (χ1v) is 12.9. The maximum Gasteiger partial charge on any atom is 0.126 e. The van der Waals surface area contributed by atoms with Crippen molar-refractivity contribution in [2.24, 2.45) is 0 Å². The third-order valence-electron chi connectivity index (χ3n) is 5.47. The van der Waals surface area contributed by atoms with E-state index < -0.39 is 8.07 Å². The van der Waals surface area contributed by atoms with Crippen molar-refractivity contribution >= 4 is 18.4 Å². The van der Waals surface area contributed by atoms with Gasteiger partial charge >= 0.3 is 0 Å². The van der Waals surface area contributed by atoms with Gasteiger partial charge in [-0.2, -0.15) is 0 Å². The summed E-state index contributed by atoms with van der Waals surface area (Å²) in [6.45, 7) is 17.4. The Hall–Kier alpha value is -1.94. The van der Waals surface area contributed by atoms with Crippen LogP contribution < -0.4 is 19.8 Å². The Morgan fingerprint density at radius 3 is 1.86 bits per heavy atom. The Kier molecular flexibility index (Phi) is 5.96. The van der Waals surface area contributed by atoms with Crippen LogP contribution in [0.5, 0.6) is 17.2 Å². The van der Waals surface area contributed by atoms with Crippen LogP contribution in [0.4, 0.5) is 0 Å². The molecule has 2 aromatic carbocycles. The molecule has 0 fully saturated rings. The van der Waals surface area contributed by atoms with Crippen LogP contribution in [0, 0.1) is 0 Å². The van der Waals surface area contributed by atoms with Crippen LogP contribution in [-0.4, -0.2) is 27.4 Å². The Morgan fingerprint density at radius 2 is 1.39 bits per heavy atom. The van der Waals surface area contributed by atoms with Crippen LogP contribution >= 0.6 is 0 Å². The zero-order valence-electron chi connectivity index (χ0n) is 19.2. The van der Waals surface area contributed by atoms with E-state index in [1.807, 2.05) is 12.1 Å². The highest BCUT2D eigenvalue weighted by molar-refractivity contribution is 7.01. The molecule has 154 valence electrons. The Bertz CT molecular complexity index is 855. The molecule has 0 saturated heterocycles. The van der Waals surface area contributed by atoms with Crippen molar-refractivity contribution in [3.63, 3.8) is 0 Å². The fourth-order valence-electron chi connectivity index (χ4n) is 3.90. The fourth-order valence-corrected chi connectivity index (χ4v) is 6.81. The number of hydrogen-bond donors (Lipinski definition) is 1. The summed E-state index contributed by atoms with van der Waals surface area (Å²) < 4.78 is 11.7. The van der Waals surface area contributed by atoms with Gasteiger partial charge in [0.05, 0.1) is 14.2 Å². The molecule has 2 aromatic rings. The number of ether oxygens (including phenoxy) is 2. The molecule has 0 radical (unpaired) electrons. The molecule has 0 aliphatic heterocycles. The molecule has 0 atom stereocenters. The summed E-state index contributed by atoms with van der Waals surface area (Å²) in [6.07, 6.45) is 0. The van der Waals surface area contributed by atoms with Gasteiger partial charge in [0.25, 0.3) is 0 Å². The van der Waals surface area contributed by atoms with Gasteiger partial charge in [-0.15, -0.1) is 0 Å². The van der Waals surface area contributed by atoms with Gasteiger partial charge in [0.2, 0.25) is 0 Å². The Balaban J connectivity index is 2.97. The first-order chi connectivity index (χ1) is 12.8. The average molecular weight is 401 g/mol. The first-order valence-electron chi connectivity index (χ1n) is 9.85. The lowest BCUT2D eigenvalue weighted by atomic mass is 9.79. The van der Waals surface area contributed by atoms with Crippen molar-refractivity contribution in [2.75, 3.05) is 14.2 Å². The maximum atomic E-state index is 11.2. The fraction of sp³-hybridized carbons (Fsp3) is 0.500. The molecule has 28 heavy (non-hydrogen) atoms. The summed E-state index contributed by atoms with van der Waals surface area (Å²) in [5.74, 6) is 2.06. The molecule has 0 spiro atoms. The van der Waals surface area contributed by atoms with Crippen molar-refractivity contribution in [2.45, 2.75) is 65.5 Å². The van der Waals surface area contributed by atoms with E-state index in [0.717, 1.165) is 22.6 Å². The molecular weight excluding hydrogens is 364 g/mol. The summed E-state index contributed by atoms with van der Waals surface area (Å²) in [6, 6.07) is 10.4. The lowest BCUT2D eigenvalue weighted by Gasteiger charge is -2.35. The van der Waals surface area contributed by atoms with Crippen molar-refractivity contribution in [3.8, 4) is 17.2 Å². The van der Waals surface area contributed by atoms with E-state index in [0.29, 0.717) is 5.75 Å². The van der Waals surface area contributed by atoms with Crippen LogP contribution in [0.2, 0.25) is 13.1 Å². The van der Waals surface area contributed by atoms with Gasteiger partial charge in [-0.25, -0.2) is 0 Å². The van der Waals surface area contributed by atoms with Crippen molar-refractivity contribution in [1.82, 2.24) is 0 Å². The molecule has 0 aliphatic rings. The minimum Gasteiger partial charge on any atom is -0.507 e. The highest BCUT2D eigenvalue weighted by atomic mass is 28.3. The highest BCUT2D eigenvalue weighted by Gasteiger charge is 2.38. The molecule has 1 N–H and O–H groups in total. The average Bonchev–Trinajstić information content (AvgIpc) is 2.58. The maximum absolute atomic E-state index is 11.2. The number of hydrogen-bond acceptors (Lipinski definition) is 3. The Morgan fingerprint density at radius 1 is 0.821 bits per heavy atom. The number of phenolic OH excluding ortho intramolecular Hbond substituents is 1. The minimum atomic E-state index is -2.19. The second-order valence-corrected chi connectivity index (χ2v) is 14.4. The van der Waals surface area contributed by atoms with E-state index in [1.165, 1.54) is 10.4 Å². The SMILES string of the molecule is COc1ccccc1[Si](C)(C)c1cc(C(C)(C)C)c(O)c(C(C)(C)C)c1OC. The van der Waals surface area contributed by atoms with Gasteiger partial charge in [-0.05, 0) is 32.8 Å². The van der Waals surface area contributed by atoms with E-state index in [4.69, 9.17) is 9.47 Å². The van der Waals surface area contributed by atoms with Gasteiger partial charge in [-0.1, -0.05) is 78.9 Å². The largest absolute Gasteiger partial charge is 0.507 e. The van der Waals surface area contributed by atoms with Crippen molar-refractivity contribution in [3.05, 3.63) is 41.5 Å². The lowest BCUT2D eigenvalue weighted by molar-refractivity contribution is 0.377. The zero-order chi connectivity index (χ0) is 21.5. The smallest absolute Gasteiger partial charge is 0.126 e. The lowest BCUT2D eigenvalue weighted by Crippen LogP contribution is -2.54. The standard InChI is InChI=1S/C24H36O3Si/c1-23(2,3)16-15-19(22(27-8)20(21(16)25)24(4,5)6)28(9,10)18-14-12-11-13-17(18)26-7/h11-15,25H,1-10H3. The second-order valence-electron chi connectivity index (χ2n) is 10.1. The Labute approximate surface area is 171 Å². The van der Waals surface area contributed by atoms with E-state index >= 15 is 0 Å². The molecule has 0 unspecified atom stereocenters. The second kappa shape index (κ2) is 7.47. The summed E-state index contributed by atoms with van der Waals surface area (Å²) >= 11 is 0. The van der Waals surface area contributed by atoms with Gasteiger partial charge < -0.3 is 14.6 Å². The molecule has 0 bridgehead atoms. The van der Waals surface area contributed by atoms with Gasteiger partial charge in [0.15, 0.2) is 0 Å². The molecule has 0 aliphatic carbocycles. The van der Waals surface area contributed by atoms with E-state index in [1.54, 1.807) is 14.2 Å². The van der Waals surface area contributed by atoms with Gasteiger partial charge in [-0.3, -0.25) is 0 Å². The number of rotatable bonds is 4. The summed E-state index contributed by atoms with van der Waals surface area (Å²) in [5.41, 5.74) is 1.41. The third kappa shape index (κ3) is 3.93. The number of benzene rings is 2. The van der Waals surface area contributed by atoms with Crippen LogP contribution in [0.15, 0.2) is 30.3 Å². The van der Waals surface area contributed by atoms with Crippen LogP contribution in [0.1, 0.15) is 52.7 Å². The van der Waals surface area contributed by atoms with Crippen molar-refractivity contribution < 1.29 is 14.6 Å². The van der Waals surface area contributed by atoms with Crippen LogP contribution in [-0.2, 0) is 10.8 Å². The third-order valence-corrected chi connectivity index (χ3v) is 8.95. The van der Waals surface area contributed by atoms with Gasteiger partial charge in [0.1, 0.15) is 25.3 Å². The molecule has 2 rings (SSSR count). The number of aromatic hydroxyl groups is 1. The van der Waals surface area contributed by atoms with E-state index in [9.17, 15) is 5.11 Å². The summed E-state index contributed by atoms with van der Waals surface area (Å²) in [5, 5.41) is 13.7. The molecule has 0 saturated carbocycles. The predicted octanol–water partition coefficient (Wildman–Crippen LogP) is 4.83. The monoisotopic (exact) mass is 400 g/mol. The zero-order valence-corrected chi connectivity index (χ0v) is 20.2. The molecule has 4 heteroatoms. The van der Waals surface area contributed by atoms with Crippen molar-refractivity contribution in [1.29, 1.82) is 0 Å². The molecule has 0 aromatic heterocycles. The molecule has 0 heterocycles. The summed E-state index contributed by atoms with van der Waals surface area (Å²) in [4.78, 5) is 0. The molecule has 3 nitrogen and oxygen atoms in total.